The van der Waals surface area contributed by atoms with Crippen molar-refractivity contribution in [2.45, 2.75) is 11.3 Å². The van der Waals surface area contributed by atoms with E-state index in [9.17, 15) is 8.42 Å². The van der Waals surface area contributed by atoms with Crippen LogP contribution in [0.25, 0.3) is 0 Å². The minimum atomic E-state index is -3.62. The van der Waals surface area contributed by atoms with Gasteiger partial charge in [-0.1, -0.05) is 12.1 Å². The number of hydrogen-bond acceptors (Lipinski definition) is 5. The molecule has 6 nitrogen and oxygen atoms in total. The number of sulfonamides is 1. The second-order valence-corrected chi connectivity index (χ2v) is 6.55. The summed E-state index contributed by atoms with van der Waals surface area (Å²) >= 11 is 0. The van der Waals surface area contributed by atoms with Gasteiger partial charge in [-0.3, -0.25) is 4.90 Å². The minimum absolute atomic E-state index is 0. The van der Waals surface area contributed by atoms with Crippen molar-refractivity contribution in [3.8, 4) is 6.07 Å². The lowest BCUT2D eigenvalue weighted by Crippen LogP contribution is -2.38. The Morgan fingerprint density at radius 1 is 1.27 bits per heavy atom. The van der Waals surface area contributed by atoms with Gasteiger partial charge in [0.05, 0.1) is 23.7 Å². The fraction of sp³-hybridized carbons (Fsp3) is 0.500. The maximum absolute atomic E-state index is 12.2. The van der Waals surface area contributed by atoms with Crippen LogP contribution in [-0.2, 0) is 14.8 Å². The van der Waals surface area contributed by atoms with Gasteiger partial charge in [0, 0.05) is 19.6 Å². The monoisotopic (exact) mass is 345 g/mol. The molecule has 0 bridgehead atoms. The van der Waals surface area contributed by atoms with E-state index in [0.29, 0.717) is 6.54 Å². The first-order valence-electron chi connectivity index (χ1n) is 6.92. The molecule has 1 aromatic rings. The van der Waals surface area contributed by atoms with Crippen molar-refractivity contribution in [1.82, 2.24) is 9.62 Å². The second-order valence-electron chi connectivity index (χ2n) is 4.81. The number of ether oxygens (including phenoxy) is 1. The summed E-state index contributed by atoms with van der Waals surface area (Å²) in [5, 5.41) is 8.96. The van der Waals surface area contributed by atoms with Gasteiger partial charge in [0.25, 0.3) is 0 Å². The standard InChI is InChI=1S/C14H19N3O3S.ClH/c15-12-13-4-1-2-5-14(13)21(18,19)16-6-3-7-17-8-10-20-11-9-17;/h1-2,4-5,16H,3,6-11H2;1H. The van der Waals surface area contributed by atoms with Gasteiger partial charge >= 0.3 is 0 Å². The zero-order valence-corrected chi connectivity index (χ0v) is 13.8. The van der Waals surface area contributed by atoms with Crippen LogP contribution >= 0.6 is 12.4 Å². The first kappa shape index (κ1) is 18.9. The molecule has 1 fully saturated rings. The molecular formula is C14H20ClN3O3S. The summed E-state index contributed by atoms with van der Waals surface area (Å²) in [6, 6.07) is 8.12. The largest absolute Gasteiger partial charge is 0.379 e. The normalized spacial score (nSPS) is 15.8. The maximum Gasteiger partial charge on any atom is 0.241 e. The van der Waals surface area contributed by atoms with Crippen molar-refractivity contribution in [2.24, 2.45) is 0 Å². The molecule has 0 saturated carbocycles. The number of halogens is 1. The number of nitrogens with one attached hydrogen (secondary N) is 1. The van der Waals surface area contributed by atoms with Crippen LogP contribution in [0.5, 0.6) is 0 Å². The summed E-state index contributed by atoms with van der Waals surface area (Å²) in [4.78, 5) is 2.29. The Labute approximate surface area is 137 Å². The molecule has 0 radical (unpaired) electrons. The molecule has 0 atom stereocenters. The molecule has 0 amide bonds. The summed E-state index contributed by atoms with van der Waals surface area (Å²) in [5.41, 5.74) is 0.165. The van der Waals surface area contributed by atoms with E-state index >= 15 is 0 Å². The van der Waals surface area contributed by atoms with Crippen LogP contribution in [0.3, 0.4) is 0 Å². The minimum Gasteiger partial charge on any atom is -0.379 e. The molecule has 1 N–H and O–H groups in total. The molecule has 1 aliphatic heterocycles. The topological polar surface area (TPSA) is 82.4 Å². The third-order valence-electron chi connectivity index (χ3n) is 3.34. The molecule has 8 heteroatoms. The van der Waals surface area contributed by atoms with Crippen LogP contribution in [-0.4, -0.2) is 52.7 Å². The molecule has 0 unspecified atom stereocenters. The first-order valence-corrected chi connectivity index (χ1v) is 8.41. The zero-order valence-electron chi connectivity index (χ0n) is 12.2. The Bertz CT molecular complexity index is 610. The van der Waals surface area contributed by atoms with Crippen molar-refractivity contribution >= 4 is 22.4 Å². The van der Waals surface area contributed by atoms with Crippen molar-refractivity contribution in [1.29, 1.82) is 5.26 Å². The molecule has 2 rings (SSSR count). The lowest BCUT2D eigenvalue weighted by molar-refractivity contribution is 0.0376. The lowest BCUT2D eigenvalue weighted by Gasteiger charge is -2.26. The van der Waals surface area contributed by atoms with Gasteiger partial charge in [-0.25, -0.2) is 13.1 Å². The van der Waals surface area contributed by atoms with Crippen LogP contribution in [0, 0.1) is 11.3 Å². The van der Waals surface area contributed by atoms with Crippen molar-refractivity contribution < 1.29 is 13.2 Å². The molecule has 0 aromatic heterocycles. The van der Waals surface area contributed by atoms with Crippen LogP contribution in [0.1, 0.15) is 12.0 Å². The summed E-state index contributed by atoms with van der Waals surface area (Å²) in [7, 11) is -3.62. The average molecular weight is 346 g/mol. The number of morpholine rings is 1. The number of rotatable bonds is 6. The Morgan fingerprint density at radius 3 is 2.64 bits per heavy atom. The number of benzene rings is 1. The smallest absolute Gasteiger partial charge is 0.241 e. The van der Waals surface area contributed by atoms with Crippen LogP contribution in [0.15, 0.2) is 29.2 Å². The Hall–Kier alpha value is -1.17. The van der Waals surface area contributed by atoms with E-state index in [1.807, 2.05) is 6.07 Å². The van der Waals surface area contributed by atoms with Gasteiger partial charge in [0.15, 0.2) is 0 Å². The van der Waals surface area contributed by atoms with Gasteiger partial charge in [-0.15, -0.1) is 12.4 Å². The van der Waals surface area contributed by atoms with Crippen LogP contribution in [0.4, 0.5) is 0 Å². The molecular weight excluding hydrogens is 326 g/mol. The summed E-state index contributed by atoms with van der Waals surface area (Å²) in [6.07, 6.45) is 0.730. The molecule has 122 valence electrons. The average Bonchev–Trinajstić information content (AvgIpc) is 2.52. The molecule has 0 spiro atoms. The molecule has 1 saturated heterocycles. The van der Waals surface area contributed by atoms with E-state index in [1.54, 1.807) is 12.1 Å². The quantitative estimate of drug-likeness (QED) is 0.777. The lowest BCUT2D eigenvalue weighted by atomic mass is 10.2. The van der Waals surface area contributed by atoms with Gasteiger partial charge in [0.2, 0.25) is 10.0 Å². The highest BCUT2D eigenvalue weighted by Gasteiger charge is 2.17. The van der Waals surface area contributed by atoms with E-state index in [-0.39, 0.29) is 22.9 Å². The third-order valence-corrected chi connectivity index (χ3v) is 4.86. The van der Waals surface area contributed by atoms with Crippen molar-refractivity contribution in [2.75, 3.05) is 39.4 Å². The summed E-state index contributed by atoms with van der Waals surface area (Å²) < 4.78 is 32.1. The molecule has 1 heterocycles. The molecule has 22 heavy (non-hydrogen) atoms. The predicted molar refractivity (Wildman–Crippen MR) is 85.5 cm³/mol. The summed E-state index contributed by atoms with van der Waals surface area (Å²) in [6.45, 7) is 4.46. The fourth-order valence-electron chi connectivity index (χ4n) is 2.21. The van der Waals surface area contributed by atoms with Gasteiger partial charge < -0.3 is 4.74 Å². The maximum atomic E-state index is 12.2. The Kier molecular flexibility index (Phi) is 7.79. The highest BCUT2D eigenvalue weighted by Crippen LogP contribution is 2.13. The van der Waals surface area contributed by atoms with E-state index in [2.05, 4.69) is 9.62 Å². The zero-order chi connectivity index (χ0) is 15.1. The number of nitrogens with zero attached hydrogens (tertiary/aromatic N) is 2. The third kappa shape index (κ3) is 5.23. The van der Waals surface area contributed by atoms with Gasteiger partial charge in [-0.05, 0) is 25.1 Å². The van der Waals surface area contributed by atoms with E-state index in [4.69, 9.17) is 10.00 Å². The van der Waals surface area contributed by atoms with E-state index in [0.717, 1.165) is 39.3 Å². The van der Waals surface area contributed by atoms with Gasteiger partial charge in [-0.2, -0.15) is 5.26 Å². The van der Waals surface area contributed by atoms with Crippen molar-refractivity contribution in [3.05, 3.63) is 29.8 Å². The SMILES string of the molecule is Cl.N#Cc1ccccc1S(=O)(=O)NCCCN1CCOCC1. The summed E-state index contributed by atoms with van der Waals surface area (Å²) in [5.74, 6) is 0. The number of hydrogen-bond donors (Lipinski definition) is 1. The second kappa shape index (κ2) is 9.08. The van der Waals surface area contributed by atoms with Gasteiger partial charge in [0.1, 0.15) is 6.07 Å². The Balaban J connectivity index is 0.00000242. The molecule has 1 aliphatic rings. The van der Waals surface area contributed by atoms with E-state index in [1.165, 1.54) is 12.1 Å². The first-order chi connectivity index (χ1) is 10.1. The van der Waals surface area contributed by atoms with Crippen LogP contribution < -0.4 is 4.72 Å². The predicted octanol–water partition coefficient (Wildman–Crippen LogP) is 0.981. The molecule has 0 aliphatic carbocycles. The van der Waals surface area contributed by atoms with Crippen LogP contribution in [0.2, 0.25) is 0 Å². The van der Waals surface area contributed by atoms with E-state index < -0.39 is 10.0 Å². The highest BCUT2D eigenvalue weighted by molar-refractivity contribution is 7.89. The molecule has 1 aromatic carbocycles. The fourth-order valence-corrected chi connectivity index (χ4v) is 3.43. The Morgan fingerprint density at radius 2 is 1.95 bits per heavy atom. The highest BCUT2D eigenvalue weighted by atomic mass is 35.5. The van der Waals surface area contributed by atoms with Crippen molar-refractivity contribution in [3.63, 3.8) is 0 Å². The number of nitriles is 1.